The minimum absolute atomic E-state index is 0.184. The van der Waals surface area contributed by atoms with Gasteiger partial charge in [0, 0.05) is 6.42 Å². The molecule has 0 radical (unpaired) electrons. The summed E-state index contributed by atoms with van der Waals surface area (Å²) >= 11 is 0. The van der Waals surface area contributed by atoms with Gasteiger partial charge in [-0.1, -0.05) is 84.0 Å². The van der Waals surface area contributed by atoms with Crippen LogP contribution in [0, 0.1) is 0 Å². The van der Waals surface area contributed by atoms with Gasteiger partial charge in [-0.3, -0.25) is 14.6 Å². The number of ether oxygens (including phenoxy) is 2. The zero-order valence-electron chi connectivity index (χ0n) is 19.4. The molecule has 33 heavy (non-hydrogen) atoms. The fourth-order valence-corrected chi connectivity index (χ4v) is 3.95. The monoisotopic (exact) mass is 494 g/mol. The summed E-state index contributed by atoms with van der Waals surface area (Å²) in [6.45, 7) is 1.67. The molecule has 1 rings (SSSR count). The minimum atomic E-state index is -5.10. The van der Waals surface area contributed by atoms with E-state index in [4.69, 9.17) is 14.5 Å². The van der Waals surface area contributed by atoms with Crippen LogP contribution in [0.1, 0.15) is 96.8 Å². The van der Waals surface area contributed by atoms with Crippen molar-refractivity contribution in [3.05, 3.63) is 11.5 Å². The van der Waals surface area contributed by atoms with Crippen molar-refractivity contribution in [2.24, 2.45) is 0 Å². The van der Waals surface area contributed by atoms with Gasteiger partial charge in [0.05, 0.1) is 0 Å². The molecule has 1 heterocycles. The summed E-state index contributed by atoms with van der Waals surface area (Å²) in [6.07, 6.45) is 12.4. The number of carbonyl (C=O) groups is 2. The van der Waals surface area contributed by atoms with Gasteiger partial charge in [-0.25, -0.2) is 9.36 Å². The van der Waals surface area contributed by atoms with E-state index in [1.807, 2.05) is 0 Å². The predicted octanol–water partition coefficient (Wildman–Crippen LogP) is 4.18. The Labute approximate surface area is 195 Å². The number of aliphatic hydroxyl groups excluding tert-OH is 2. The van der Waals surface area contributed by atoms with Gasteiger partial charge < -0.3 is 24.2 Å². The van der Waals surface area contributed by atoms with Crippen molar-refractivity contribution in [3.63, 3.8) is 0 Å². The van der Waals surface area contributed by atoms with Gasteiger partial charge in [-0.15, -0.1) is 0 Å². The van der Waals surface area contributed by atoms with Crippen LogP contribution in [0.3, 0.4) is 0 Å². The van der Waals surface area contributed by atoms with Crippen molar-refractivity contribution in [2.75, 3.05) is 6.61 Å². The van der Waals surface area contributed by atoms with Gasteiger partial charge in [-0.2, -0.15) is 0 Å². The van der Waals surface area contributed by atoms with E-state index in [0.29, 0.717) is 6.42 Å². The molecule has 0 fully saturated rings. The molecule has 4 N–H and O–H groups in total. The lowest BCUT2D eigenvalue weighted by atomic mass is 10.0. The first-order valence-electron chi connectivity index (χ1n) is 11.9. The van der Waals surface area contributed by atoms with E-state index in [0.717, 1.165) is 19.3 Å². The first kappa shape index (κ1) is 29.4. The number of rotatable bonds is 19. The van der Waals surface area contributed by atoms with Gasteiger partial charge in [0.25, 0.3) is 5.76 Å². The smallest absolute Gasteiger partial charge is 0.505 e. The third-order valence-corrected chi connectivity index (χ3v) is 5.80. The van der Waals surface area contributed by atoms with Gasteiger partial charge in [0.15, 0.2) is 11.9 Å². The lowest BCUT2D eigenvalue weighted by Gasteiger charge is -2.17. The number of hydrogen-bond donors (Lipinski definition) is 4. The van der Waals surface area contributed by atoms with Gasteiger partial charge in [0.2, 0.25) is 0 Å². The van der Waals surface area contributed by atoms with Crippen molar-refractivity contribution < 1.29 is 48.2 Å². The van der Waals surface area contributed by atoms with E-state index in [9.17, 15) is 24.4 Å². The number of carbonyl (C=O) groups excluding carboxylic acids is 2. The van der Waals surface area contributed by atoms with Crippen molar-refractivity contribution in [1.82, 2.24) is 0 Å². The van der Waals surface area contributed by atoms with Gasteiger partial charge in [0.1, 0.15) is 12.7 Å². The first-order valence-corrected chi connectivity index (χ1v) is 13.4. The summed E-state index contributed by atoms with van der Waals surface area (Å²) in [4.78, 5) is 40.8. The Balaban J connectivity index is 2.09. The van der Waals surface area contributed by atoms with E-state index in [-0.39, 0.29) is 6.42 Å². The van der Waals surface area contributed by atoms with Crippen LogP contribution < -0.4 is 0 Å². The Morgan fingerprint density at radius 2 is 1.45 bits per heavy atom. The van der Waals surface area contributed by atoms with Crippen LogP contribution in [-0.4, -0.2) is 50.8 Å². The van der Waals surface area contributed by atoms with E-state index in [2.05, 4.69) is 16.2 Å². The molecule has 192 valence electrons. The van der Waals surface area contributed by atoms with E-state index < -0.39 is 50.1 Å². The normalized spacial score (nSPS) is 17.2. The largest absolute Gasteiger partial charge is 0.525 e. The predicted molar refractivity (Wildman–Crippen MR) is 120 cm³/mol. The Kier molecular flexibility index (Phi) is 14.3. The number of unbranched alkanes of at least 4 members (excludes halogenated alkanes) is 12. The molecule has 1 aliphatic heterocycles. The lowest BCUT2D eigenvalue weighted by molar-refractivity contribution is -0.154. The number of phosphoric ester groups is 1. The number of phosphoric acid groups is 1. The van der Waals surface area contributed by atoms with Crippen LogP contribution in [0.15, 0.2) is 11.5 Å². The standard InChI is InChI=1S/C22H39O10P/c1-2-3-4-5-6-7-8-9-10-11-12-13-14-15-18(24)30-16-17(23)20-19(25)21(22(26)31-20)32-33(27,28)29/h17,20,23,25H,2-16H2,1H3,(H2,27,28,29). The Bertz CT molecular complexity index is 672. The summed E-state index contributed by atoms with van der Waals surface area (Å²) in [6, 6.07) is 0. The zero-order valence-corrected chi connectivity index (χ0v) is 20.3. The number of hydrogen-bond acceptors (Lipinski definition) is 8. The molecular weight excluding hydrogens is 455 g/mol. The number of esters is 2. The Hall–Kier alpha value is -1.61. The molecule has 10 nitrogen and oxygen atoms in total. The molecule has 0 saturated heterocycles. The maximum absolute atomic E-state index is 11.8. The molecule has 0 aromatic heterocycles. The van der Waals surface area contributed by atoms with E-state index in [1.54, 1.807) is 0 Å². The minimum Gasteiger partial charge on any atom is -0.505 e. The average molecular weight is 495 g/mol. The van der Waals surface area contributed by atoms with E-state index in [1.165, 1.54) is 57.8 Å². The summed E-state index contributed by atoms with van der Waals surface area (Å²) in [5.41, 5.74) is 0. The third-order valence-electron chi connectivity index (χ3n) is 5.38. The molecule has 0 spiro atoms. The second kappa shape index (κ2) is 16.1. The van der Waals surface area contributed by atoms with Crippen molar-refractivity contribution in [2.45, 2.75) is 109 Å². The fourth-order valence-electron chi connectivity index (χ4n) is 3.55. The maximum atomic E-state index is 11.8. The molecule has 0 bridgehead atoms. The average Bonchev–Trinajstić information content (AvgIpc) is 3.02. The van der Waals surface area contributed by atoms with Crippen LogP contribution in [-0.2, 0) is 28.2 Å². The Morgan fingerprint density at radius 1 is 0.970 bits per heavy atom. The molecule has 0 amide bonds. The molecule has 2 unspecified atom stereocenters. The summed E-state index contributed by atoms with van der Waals surface area (Å²) < 4.78 is 24.5. The topological polar surface area (TPSA) is 160 Å². The second-order valence-corrected chi connectivity index (χ2v) is 9.53. The molecule has 2 atom stereocenters. The second-order valence-electron chi connectivity index (χ2n) is 8.37. The van der Waals surface area contributed by atoms with Crippen LogP contribution in [0.4, 0.5) is 0 Å². The molecular formula is C22H39O10P. The molecule has 11 heteroatoms. The highest BCUT2D eigenvalue weighted by Gasteiger charge is 2.43. The first-order chi connectivity index (χ1) is 15.7. The van der Waals surface area contributed by atoms with Crippen LogP contribution in [0.2, 0.25) is 0 Å². The fraction of sp³-hybridized carbons (Fsp3) is 0.818. The summed E-state index contributed by atoms with van der Waals surface area (Å²) in [5, 5.41) is 19.8. The quantitative estimate of drug-likeness (QED) is 0.116. The maximum Gasteiger partial charge on any atom is 0.525 e. The molecule has 0 aromatic carbocycles. The molecule has 1 aliphatic rings. The van der Waals surface area contributed by atoms with Crippen LogP contribution in [0.5, 0.6) is 0 Å². The van der Waals surface area contributed by atoms with Crippen LogP contribution >= 0.6 is 7.82 Å². The zero-order chi connectivity index (χ0) is 24.7. The Morgan fingerprint density at radius 3 is 1.94 bits per heavy atom. The highest BCUT2D eigenvalue weighted by molar-refractivity contribution is 7.46. The highest BCUT2D eigenvalue weighted by Crippen LogP contribution is 2.42. The number of aliphatic hydroxyl groups is 2. The highest BCUT2D eigenvalue weighted by atomic mass is 31.2. The summed E-state index contributed by atoms with van der Waals surface area (Å²) in [5.74, 6) is -3.91. The van der Waals surface area contributed by atoms with Gasteiger partial charge in [-0.05, 0) is 6.42 Å². The molecule has 0 aliphatic carbocycles. The van der Waals surface area contributed by atoms with Crippen molar-refractivity contribution in [3.8, 4) is 0 Å². The third kappa shape index (κ3) is 13.0. The molecule has 0 saturated carbocycles. The summed E-state index contributed by atoms with van der Waals surface area (Å²) in [7, 11) is -5.10. The number of cyclic esters (lactones) is 1. The lowest BCUT2D eigenvalue weighted by Crippen LogP contribution is -2.33. The van der Waals surface area contributed by atoms with Crippen molar-refractivity contribution >= 4 is 19.8 Å². The van der Waals surface area contributed by atoms with Gasteiger partial charge >= 0.3 is 19.8 Å². The van der Waals surface area contributed by atoms with E-state index >= 15 is 0 Å². The van der Waals surface area contributed by atoms with Crippen LogP contribution in [0.25, 0.3) is 0 Å². The molecule has 0 aromatic rings. The van der Waals surface area contributed by atoms with Crippen molar-refractivity contribution in [1.29, 1.82) is 0 Å². The SMILES string of the molecule is CCCCCCCCCCCCCCCC(=O)OCC(O)C1OC(=O)C(OP(=O)(O)O)=C1O.